The molecule has 2 heterocycles. The maximum absolute atomic E-state index is 5.79. The molecule has 3 atom stereocenters. The number of nitrogens with zero attached hydrogens (tertiary/aromatic N) is 1. The molecule has 1 aromatic rings. The number of rotatable bonds is 5. The van der Waals surface area contributed by atoms with Crippen molar-refractivity contribution >= 4 is 39.5 Å². The first-order valence-corrected chi connectivity index (χ1v) is 9.43. The van der Waals surface area contributed by atoms with Crippen LogP contribution in [0.25, 0.3) is 0 Å². The number of nitrogens with one attached hydrogen (secondary N) is 1. The standard InChI is InChI=1S/C13H20BrN3S2/c1-2-12-13(19-6-5-18-12)11(17-15)7-10-4-3-9(14)8-16-10/h3-4,8,11-13,17H,2,5-7,15H2,1H3. The van der Waals surface area contributed by atoms with Crippen LogP contribution in [-0.2, 0) is 6.42 Å². The van der Waals surface area contributed by atoms with Crippen LogP contribution in [0.1, 0.15) is 19.0 Å². The summed E-state index contributed by atoms with van der Waals surface area (Å²) in [5.74, 6) is 8.27. The number of aromatic nitrogens is 1. The zero-order chi connectivity index (χ0) is 13.7. The zero-order valence-electron chi connectivity index (χ0n) is 11.0. The Kier molecular flexibility index (Phi) is 6.49. The van der Waals surface area contributed by atoms with E-state index in [-0.39, 0.29) is 6.04 Å². The van der Waals surface area contributed by atoms with E-state index in [1.807, 2.05) is 12.3 Å². The van der Waals surface area contributed by atoms with Gasteiger partial charge in [0.05, 0.1) is 0 Å². The summed E-state index contributed by atoms with van der Waals surface area (Å²) in [6, 6.07) is 4.39. The lowest BCUT2D eigenvalue weighted by Crippen LogP contribution is -2.49. The van der Waals surface area contributed by atoms with E-state index in [1.165, 1.54) is 17.9 Å². The van der Waals surface area contributed by atoms with Crippen molar-refractivity contribution in [2.75, 3.05) is 11.5 Å². The van der Waals surface area contributed by atoms with Crippen LogP contribution in [0.2, 0.25) is 0 Å². The van der Waals surface area contributed by atoms with Crippen LogP contribution in [0.4, 0.5) is 0 Å². The first-order chi connectivity index (χ1) is 9.24. The first-order valence-electron chi connectivity index (χ1n) is 6.54. The summed E-state index contributed by atoms with van der Waals surface area (Å²) < 4.78 is 1.02. The molecule has 3 unspecified atom stereocenters. The highest BCUT2D eigenvalue weighted by atomic mass is 79.9. The van der Waals surface area contributed by atoms with Gasteiger partial charge in [0.15, 0.2) is 0 Å². The van der Waals surface area contributed by atoms with E-state index in [0.717, 1.165) is 16.6 Å². The Morgan fingerprint density at radius 3 is 2.89 bits per heavy atom. The van der Waals surface area contributed by atoms with E-state index in [1.54, 1.807) is 0 Å². The largest absolute Gasteiger partial charge is 0.271 e. The van der Waals surface area contributed by atoms with Crippen molar-refractivity contribution in [3.8, 4) is 0 Å². The van der Waals surface area contributed by atoms with Crippen molar-refractivity contribution in [2.24, 2.45) is 5.84 Å². The highest BCUT2D eigenvalue weighted by Crippen LogP contribution is 2.35. The molecular weight excluding hydrogens is 342 g/mol. The van der Waals surface area contributed by atoms with Gasteiger partial charge in [-0.1, -0.05) is 6.92 Å². The Balaban J connectivity index is 2.04. The van der Waals surface area contributed by atoms with Gasteiger partial charge in [-0.3, -0.25) is 16.3 Å². The lowest BCUT2D eigenvalue weighted by atomic mass is 10.0. The summed E-state index contributed by atoms with van der Waals surface area (Å²) in [7, 11) is 0. The predicted molar refractivity (Wildman–Crippen MR) is 89.5 cm³/mol. The Morgan fingerprint density at radius 1 is 1.47 bits per heavy atom. The Hall–Kier alpha value is 0.250. The topological polar surface area (TPSA) is 50.9 Å². The maximum Gasteiger partial charge on any atom is 0.0420 e. The van der Waals surface area contributed by atoms with Gasteiger partial charge in [0, 0.05) is 50.8 Å². The van der Waals surface area contributed by atoms with Gasteiger partial charge in [0.2, 0.25) is 0 Å². The number of hydrogen-bond donors (Lipinski definition) is 2. The van der Waals surface area contributed by atoms with Crippen molar-refractivity contribution in [1.29, 1.82) is 0 Å². The van der Waals surface area contributed by atoms with Gasteiger partial charge in [-0.2, -0.15) is 23.5 Å². The van der Waals surface area contributed by atoms with Gasteiger partial charge < -0.3 is 0 Å². The second kappa shape index (κ2) is 7.88. The van der Waals surface area contributed by atoms with Gasteiger partial charge in [-0.15, -0.1) is 0 Å². The third-order valence-electron chi connectivity index (χ3n) is 3.32. The summed E-state index contributed by atoms with van der Waals surface area (Å²) >= 11 is 7.55. The Morgan fingerprint density at radius 2 is 2.26 bits per heavy atom. The third kappa shape index (κ3) is 4.36. The average molecular weight is 362 g/mol. The summed E-state index contributed by atoms with van der Waals surface area (Å²) in [6.07, 6.45) is 3.94. The molecule has 0 spiro atoms. The van der Waals surface area contributed by atoms with Crippen molar-refractivity contribution in [3.05, 3.63) is 28.5 Å². The predicted octanol–water partition coefficient (Wildman–Crippen LogP) is 2.85. The number of hydrogen-bond acceptors (Lipinski definition) is 5. The Bertz CT molecular complexity index is 388. The second-order valence-electron chi connectivity index (χ2n) is 4.60. The van der Waals surface area contributed by atoms with Gasteiger partial charge >= 0.3 is 0 Å². The molecule has 2 rings (SSSR count). The van der Waals surface area contributed by atoms with Crippen LogP contribution >= 0.6 is 39.5 Å². The molecular formula is C13H20BrN3S2. The van der Waals surface area contributed by atoms with Gasteiger partial charge in [0.1, 0.15) is 0 Å². The quantitative estimate of drug-likeness (QED) is 0.623. The molecule has 6 heteroatoms. The zero-order valence-corrected chi connectivity index (χ0v) is 14.2. The molecule has 1 aromatic heterocycles. The summed E-state index contributed by atoms with van der Waals surface area (Å²) in [6.45, 7) is 2.27. The SMILES string of the molecule is CCC1SCCSC1C(Cc1ccc(Br)cn1)NN. The number of halogens is 1. The highest BCUT2D eigenvalue weighted by molar-refractivity contribution is 9.10. The molecule has 106 valence electrons. The monoisotopic (exact) mass is 361 g/mol. The van der Waals surface area contributed by atoms with E-state index in [9.17, 15) is 0 Å². The minimum atomic E-state index is 0.288. The fourth-order valence-electron chi connectivity index (χ4n) is 2.33. The highest BCUT2D eigenvalue weighted by Gasteiger charge is 2.31. The molecule has 19 heavy (non-hydrogen) atoms. The lowest BCUT2D eigenvalue weighted by molar-refractivity contribution is 0.486. The van der Waals surface area contributed by atoms with Crippen LogP contribution in [0.15, 0.2) is 22.8 Å². The lowest BCUT2D eigenvalue weighted by Gasteiger charge is -2.35. The number of pyridine rings is 1. The molecule has 0 bridgehead atoms. The van der Waals surface area contributed by atoms with Crippen molar-refractivity contribution in [3.63, 3.8) is 0 Å². The van der Waals surface area contributed by atoms with Gasteiger partial charge in [0.25, 0.3) is 0 Å². The fourth-order valence-corrected chi connectivity index (χ4v) is 5.81. The summed E-state index contributed by atoms with van der Waals surface area (Å²) in [5, 5.41) is 1.26. The van der Waals surface area contributed by atoms with Crippen molar-refractivity contribution in [1.82, 2.24) is 10.4 Å². The molecule has 0 radical (unpaired) electrons. The van der Waals surface area contributed by atoms with Crippen LogP contribution in [0, 0.1) is 0 Å². The minimum Gasteiger partial charge on any atom is -0.271 e. The summed E-state index contributed by atoms with van der Waals surface area (Å²) in [4.78, 5) is 4.45. The second-order valence-corrected chi connectivity index (χ2v) is 8.15. The van der Waals surface area contributed by atoms with Gasteiger partial charge in [-0.05, 0) is 34.5 Å². The first kappa shape index (κ1) is 15.6. The molecule has 1 aliphatic heterocycles. The molecule has 1 fully saturated rings. The molecule has 3 nitrogen and oxygen atoms in total. The maximum atomic E-state index is 5.79. The molecule has 0 aliphatic carbocycles. The smallest absolute Gasteiger partial charge is 0.0420 e. The third-order valence-corrected chi connectivity index (χ3v) is 7.20. The van der Waals surface area contributed by atoms with Crippen LogP contribution in [0.5, 0.6) is 0 Å². The van der Waals surface area contributed by atoms with E-state index >= 15 is 0 Å². The number of hydrazine groups is 1. The molecule has 1 saturated heterocycles. The fraction of sp³-hybridized carbons (Fsp3) is 0.615. The van der Waals surface area contributed by atoms with E-state index in [2.05, 4.69) is 62.9 Å². The van der Waals surface area contributed by atoms with Gasteiger partial charge in [-0.25, -0.2) is 0 Å². The minimum absolute atomic E-state index is 0.288. The number of nitrogens with two attached hydrogens (primary N) is 1. The molecule has 0 aromatic carbocycles. The van der Waals surface area contributed by atoms with Crippen molar-refractivity contribution in [2.45, 2.75) is 36.3 Å². The average Bonchev–Trinajstić information content (AvgIpc) is 2.46. The summed E-state index contributed by atoms with van der Waals surface area (Å²) in [5.41, 5.74) is 4.11. The van der Waals surface area contributed by atoms with E-state index in [0.29, 0.717) is 10.5 Å². The van der Waals surface area contributed by atoms with Crippen molar-refractivity contribution < 1.29 is 0 Å². The molecule has 0 saturated carbocycles. The molecule has 3 N–H and O–H groups in total. The van der Waals surface area contributed by atoms with Crippen LogP contribution in [0.3, 0.4) is 0 Å². The van der Waals surface area contributed by atoms with Crippen LogP contribution in [-0.4, -0.2) is 33.0 Å². The van der Waals surface area contributed by atoms with Crippen LogP contribution < -0.4 is 11.3 Å². The Labute approximate surface area is 132 Å². The molecule has 0 amide bonds. The van der Waals surface area contributed by atoms with E-state index < -0.39 is 0 Å². The van der Waals surface area contributed by atoms with E-state index in [4.69, 9.17) is 5.84 Å². The molecule has 1 aliphatic rings. The normalized spacial score (nSPS) is 25.2. The number of thioether (sulfide) groups is 2.